The predicted molar refractivity (Wildman–Crippen MR) is 85.0 cm³/mol. The van der Waals surface area contributed by atoms with Crippen LogP contribution in [0.5, 0.6) is 11.6 Å². The van der Waals surface area contributed by atoms with Crippen LogP contribution in [0.1, 0.15) is 11.1 Å². The molecule has 0 radical (unpaired) electrons. The highest BCUT2D eigenvalue weighted by Gasteiger charge is 2.05. The van der Waals surface area contributed by atoms with E-state index in [1.807, 2.05) is 60.7 Å². The average Bonchev–Trinajstić information content (AvgIpc) is 2.48. The molecule has 104 valence electrons. The summed E-state index contributed by atoms with van der Waals surface area (Å²) in [5, 5.41) is 0.439. The van der Waals surface area contributed by atoms with Crippen molar-refractivity contribution in [3.63, 3.8) is 0 Å². The number of rotatable bonds is 4. The lowest BCUT2D eigenvalue weighted by Crippen LogP contribution is -1.93. The Labute approximate surface area is 129 Å². The first-order valence-corrected chi connectivity index (χ1v) is 7.11. The van der Waals surface area contributed by atoms with Gasteiger partial charge in [-0.3, -0.25) is 0 Å². The molecule has 1 aromatic heterocycles. The van der Waals surface area contributed by atoms with Gasteiger partial charge in [-0.2, -0.15) is 0 Å². The van der Waals surface area contributed by atoms with Gasteiger partial charge in [0.1, 0.15) is 10.9 Å². The van der Waals surface area contributed by atoms with E-state index in [4.69, 9.17) is 16.3 Å². The van der Waals surface area contributed by atoms with Crippen LogP contribution in [0.25, 0.3) is 0 Å². The summed E-state index contributed by atoms with van der Waals surface area (Å²) in [5.74, 6) is 1.26. The highest BCUT2D eigenvalue weighted by atomic mass is 35.5. The number of hydrogen-bond acceptors (Lipinski definition) is 2. The number of halogens is 1. The standard InChI is InChI=1S/C18H14ClNO/c19-17-12-15(11-14-7-3-1-4-8-14)13-18(20-17)21-16-9-5-2-6-10-16/h1-10,12-13H,11H2. The molecule has 0 atom stereocenters. The van der Waals surface area contributed by atoms with E-state index in [1.54, 1.807) is 0 Å². The monoisotopic (exact) mass is 295 g/mol. The Bertz CT molecular complexity index is 654. The minimum atomic E-state index is 0.439. The second kappa shape index (κ2) is 6.42. The summed E-state index contributed by atoms with van der Waals surface area (Å²) < 4.78 is 5.74. The van der Waals surface area contributed by atoms with Gasteiger partial charge in [0, 0.05) is 6.07 Å². The lowest BCUT2D eigenvalue weighted by molar-refractivity contribution is 0.462. The normalized spacial score (nSPS) is 10.3. The molecular formula is C18H14ClNO. The zero-order valence-electron chi connectivity index (χ0n) is 11.4. The molecule has 0 aliphatic heterocycles. The van der Waals surface area contributed by atoms with Gasteiger partial charge in [-0.05, 0) is 35.7 Å². The van der Waals surface area contributed by atoms with Crippen LogP contribution in [-0.4, -0.2) is 4.98 Å². The number of aromatic nitrogens is 1. The van der Waals surface area contributed by atoms with Gasteiger partial charge in [0.05, 0.1) is 0 Å². The molecule has 2 aromatic carbocycles. The molecule has 1 heterocycles. The zero-order valence-corrected chi connectivity index (χ0v) is 12.1. The Morgan fingerprint density at radius 2 is 1.48 bits per heavy atom. The minimum Gasteiger partial charge on any atom is -0.439 e. The lowest BCUT2D eigenvalue weighted by Gasteiger charge is -2.08. The molecule has 3 rings (SSSR count). The molecule has 21 heavy (non-hydrogen) atoms. The summed E-state index contributed by atoms with van der Waals surface area (Å²) in [6.07, 6.45) is 0.800. The molecule has 0 saturated heterocycles. The van der Waals surface area contributed by atoms with Crippen LogP contribution < -0.4 is 4.74 Å². The fraction of sp³-hybridized carbons (Fsp3) is 0.0556. The van der Waals surface area contributed by atoms with Gasteiger partial charge < -0.3 is 4.74 Å². The summed E-state index contributed by atoms with van der Waals surface area (Å²) in [6, 6.07) is 23.6. The fourth-order valence-corrected chi connectivity index (χ4v) is 2.34. The van der Waals surface area contributed by atoms with Crippen molar-refractivity contribution >= 4 is 11.6 Å². The molecule has 0 fully saturated rings. The highest BCUT2D eigenvalue weighted by Crippen LogP contribution is 2.23. The molecule has 0 N–H and O–H groups in total. The van der Waals surface area contributed by atoms with Gasteiger partial charge in [-0.15, -0.1) is 0 Å². The number of para-hydroxylation sites is 1. The van der Waals surface area contributed by atoms with Gasteiger partial charge in [0.25, 0.3) is 0 Å². The van der Waals surface area contributed by atoms with Gasteiger partial charge in [0.15, 0.2) is 0 Å². The number of pyridine rings is 1. The molecule has 0 bridgehead atoms. The topological polar surface area (TPSA) is 22.1 Å². The van der Waals surface area contributed by atoms with Crippen LogP contribution in [0, 0.1) is 0 Å². The molecule has 0 amide bonds. The van der Waals surface area contributed by atoms with Crippen molar-refractivity contribution in [2.45, 2.75) is 6.42 Å². The first-order valence-electron chi connectivity index (χ1n) is 6.73. The van der Waals surface area contributed by atoms with Crippen LogP contribution in [0.4, 0.5) is 0 Å². The quantitative estimate of drug-likeness (QED) is 0.623. The molecule has 0 saturated carbocycles. The molecule has 0 aliphatic rings. The number of benzene rings is 2. The molecule has 0 unspecified atom stereocenters. The molecule has 3 aromatic rings. The van der Waals surface area contributed by atoms with Crippen molar-refractivity contribution in [2.24, 2.45) is 0 Å². The van der Waals surface area contributed by atoms with E-state index >= 15 is 0 Å². The van der Waals surface area contributed by atoms with Crippen molar-refractivity contribution in [2.75, 3.05) is 0 Å². The van der Waals surface area contributed by atoms with E-state index in [0.29, 0.717) is 11.0 Å². The number of nitrogens with zero attached hydrogens (tertiary/aromatic N) is 1. The Morgan fingerprint density at radius 1 is 0.810 bits per heavy atom. The summed E-state index contributed by atoms with van der Waals surface area (Å²) in [4.78, 5) is 4.21. The van der Waals surface area contributed by atoms with Gasteiger partial charge in [-0.1, -0.05) is 60.1 Å². The van der Waals surface area contributed by atoms with Crippen LogP contribution in [0.15, 0.2) is 72.8 Å². The predicted octanol–water partition coefficient (Wildman–Crippen LogP) is 5.12. The second-order valence-electron chi connectivity index (χ2n) is 4.71. The van der Waals surface area contributed by atoms with E-state index in [9.17, 15) is 0 Å². The SMILES string of the molecule is Clc1cc(Cc2ccccc2)cc(Oc2ccccc2)n1. The summed E-state index contributed by atoms with van der Waals surface area (Å²) in [5.41, 5.74) is 2.30. The molecule has 2 nitrogen and oxygen atoms in total. The maximum Gasteiger partial charge on any atom is 0.220 e. The van der Waals surface area contributed by atoms with Crippen LogP contribution in [-0.2, 0) is 6.42 Å². The smallest absolute Gasteiger partial charge is 0.220 e. The second-order valence-corrected chi connectivity index (χ2v) is 5.10. The van der Waals surface area contributed by atoms with Crippen LogP contribution in [0.2, 0.25) is 5.15 Å². The Kier molecular flexibility index (Phi) is 4.17. The first-order chi connectivity index (χ1) is 10.3. The summed E-state index contributed by atoms with van der Waals surface area (Å²) in [6.45, 7) is 0. The Hall–Kier alpha value is -2.32. The molecule has 0 aliphatic carbocycles. The Morgan fingerprint density at radius 3 is 2.19 bits per heavy atom. The van der Waals surface area contributed by atoms with E-state index in [0.717, 1.165) is 17.7 Å². The van der Waals surface area contributed by atoms with Crippen molar-refractivity contribution in [1.82, 2.24) is 4.98 Å². The van der Waals surface area contributed by atoms with Gasteiger partial charge >= 0.3 is 0 Å². The van der Waals surface area contributed by atoms with Gasteiger partial charge in [-0.25, -0.2) is 4.98 Å². The fourth-order valence-electron chi connectivity index (χ4n) is 2.12. The van der Waals surface area contributed by atoms with Crippen molar-refractivity contribution in [3.8, 4) is 11.6 Å². The molecule has 0 spiro atoms. The molecular weight excluding hydrogens is 282 g/mol. The third-order valence-corrected chi connectivity index (χ3v) is 3.24. The summed E-state index contributed by atoms with van der Waals surface area (Å²) >= 11 is 6.09. The van der Waals surface area contributed by atoms with Crippen LogP contribution in [0.3, 0.4) is 0 Å². The third-order valence-electron chi connectivity index (χ3n) is 3.05. The Balaban J connectivity index is 1.83. The summed E-state index contributed by atoms with van der Waals surface area (Å²) in [7, 11) is 0. The van der Waals surface area contributed by atoms with E-state index in [-0.39, 0.29) is 0 Å². The maximum atomic E-state index is 6.09. The molecule has 3 heteroatoms. The number of hydrogen-bond donors (Lipinski definition) is 0. The number of ether oxygens (including phenoxy) is 1. The van der Waals surface area contributed by atoms with E-state index < -0.39 is 0 Å². The van der Waals surface area contributed by atoms with E-state index in [2.05, 4.69) is 17.1 Å². The third kappa shape index (κ3) is 3.83. The first kappa shape index (κ1) is 13.7. The van der Waals surface area contributed by atoms with Gasteiger partial charge in [0.2, 0.25) is 5.88 Å². The van der Waals surface area contributed by atoms with Crippen molar-refractivity contribution < 1.29 is 4.74 Å². The largest absolute Gasteiger partial charge is 0.439 e. The highest BCUT2D eigenvalue weighted by molar-refractivity contribution is 6.29. The lowest BCUT2D eigenvalue weighted by atomic mass is 10.1. The zero-order chi connectivity index (χ0) is 14.5. The van der Waals surface area contributed by atoms with E-state index in [1.165, 1.54) is 5.56 Å². The average molecular weight is 296 g/mol. The maximum absolute atomic E-state index is 6.09. The van der Waals surface area contributed by atoms with Crippen molar-refractivity contribution in [1.29, 1.82) is 0 Å². The van der Waals surface area contributed by atoms with Crippen LogP contribution >= 0.6 is 11.6 Å². The van der Waals surface area contributed by atoms with Crippen molar-refractivity contribution in [3.05, 3.63) is 89.1 Å². The minimum absolute atomic E-state index is 0.439.